The first-order valence-corrected chi connectivity index (χ1v) is 6.06. The first-order chi connectivity index (χ1) is 9.14. The van der Waals surface area contributed by atoms with Crippen LogP contribution in [0.25, 0.3) is 0 Å². The number of hydrogen-bond donors (Lipinski definition) is 4. The van der Waals surface area contributed by atoms with Crippen molar-refractivity contribution in [3.8, 4) is 0 Å². The van der Waals surface area contributed by atoms with Crippen molar-refractivity contribution >= 4 is 23.8 Å². The molecule has 1 aromatic rings. The van der Waals surface area contributed by atoms with E-state index in [1.54, 1.807) is 7.05 Å². The first-order valence-electron chi connectivity index (χ1n) is 6.06. The molecule has 1 amide bonds. The number of hydrogen-bond acceptors (Lipinski definition) is 8. The van der Waals surface area contributed by atoms with E-state index < -0.39 is 0 Å². The minimum atomic E-state index is -0.160. The molecule has 0 aliphatic rings. The molecule has 0 unspecified atom stereocenters. The number of carbonyl (C=O) groups excluding carboxylic acids is 1. The van der Waals surface area contributed by atoms with Gasteiger partial charge in [-0.3, -0.25) is 10.2 Å². The summed E-state index contributed by atoms with van der Waals surface area (Å²) in [6, 6.07) is 0. The van der Waals surface area contributed by atoms with Gasteiger partial charge in [-0.1, -0.05) is 0 Å². The Labute approximate surface area is 112 Å². The Bertz CT molecular complexity index is 420. The van der Waals surface area contributed by atoms with Crippen molar-refractivity contribution in [2.75, 3.05) is 42.3 Å². The zero-order chi connectivity index (χ0) is 14.3. The van der Waals surface area contributed by atoms with Gasteiger partial charge in [0.25, 0.3) is 0 Å². The van der Waals surface area contributed by atoms with Crippen LogP contribution in [0.2, 0.25) is 0 Å². The number of anilines is 3. The molecule has 19 heavy (non-hydrogen) atoms. The van der Waals surface area contributed by atoms with Gasteiger partial charge in [-0.15, -0.1) is 0 Å². The molecule has 0 radical (unpaired) electrons. The van der Waals surface area contributed by atoms with E-state index in [-0.39, 0.29) is 18.4 Å². The average Bonchev–Trinajstić information content (AvgIpc) is 2.45. The highest BCUT2D eigenvalue weighted by atomic mass is 16.1. The lowest BCUT2D eigenvalue weighted by molar-refractivity contribution is -0.118. The molecule has 0 atom stereocenters. The van der Waals surface area contributed by atoms with E-state index >= 15 is 0 Å². The maximum atomic E-state index is 11.2. The quantitative estimate of drug-likeness (QED) is 0.373. The predicted molar refractivity (Wildman–Crippen MR) is 73.8 cm³/mol. The number of carbonyl (C=O) groups is 1. The van der Waals surface area contributed by atoms with Crippen molar-refractivity contribution in [3.05, 3.63) is 0 Å². The predicted octanol–water partition coefficient (Wildman–Crippen LogP) is -0.839. The molecule has 106 valence electrons. The minimum absolute atomic E-state index is 0.0855. The fourth-order valence-electron chi connectivity index (χ4n) is 1.40. The molecule has 0 spiro atoms. The fraction of sp³-hybridized carbons (Fsp3) is 0.600. The van der Waals surface area contributed by atoms with Gasteiger partial charge in [0.15, 0.2) is 0 Å². The summed E-state index contributed by atoms with van der Waals surface area (Å²) in [5.74, 6) is 6.22. The van der Waals surface area contributed by atoms with Crippen LogP contribution in [0, 0.1) is 0 Å². The van der Waals surface area contributed by atoms with Crippen LogP contribution >= 0.6 is 0 Å². The molecule has 1 aromatic heterocycles. The molecule has 9 nitrogen and oxygen atoms in total. The Balaban J connectivity index is 2.91. The molecule has 1 rings (SSSR count). The highest BCUT2D eigenvalue weighted by molar-refractivity contribution is 5.79. The lowest BCUT2D eigenvalue weighted by atomic mass is 10.5. The summed E-state index contributed by atoms with van der Waals surface area (Å²) < 4.78 is 0. The average molecular weight is 268 g/mol. The van der Waals surface area contributed by atoms with Crippen LogP contribution in [0.15, 0.2) is 0 Å². The molecule has 0 aliphatic carbocycles. The molecule has 0 saturated heterocycles. The van der Waals surface area contributed by atoms with Gasteiger partial charge in [-0.2, -0.15) is 15.0 Å². The topological polar surface area (TPSA) is 121 Å². The molecule has 0 fully saturated rings. The Morgan fingerprint density at radius 2 is 1.84 bits per heavy atom. The van der Waals surface area contributed by atoms with Gasteiger partial charge in [-0.25, -0.2) is 5.84 Å². The second kappa shape index (κ2) is 7.31. The van der Waals surface area contributed by atoms with E-state index in [1.807, 2.05) is 18.7 Å². The number of nitrogens with one attached hydrogen (secondary N) is 3. The third-order valence-corrected chi connectivity index (χ3v) is 2.48. The zero-order valence-corrected chi connectivity index (χ0v) is 11.4. The fourth-order valence-corrected chi connectivity index (χ4v) is 1.40. The molecule has 0 saturated carbocycles. The number of nitrogen functional groups attached to an aromatic ring is 1. The highest BCUT2D eigenvalue weighted by Gasteiger charge is 2.11. The van der Waals surface area contributed by atoms with Gasteiger partial charge in [0, 0.05) is 20.1 Å². The minimum Gasteiger partial charge on any atom is -0.358 e. The maximum Gasteiger partial charge on any atom is 0.243 e. The third-order valence-electron chi connectivity index (χ3n) is 2.48. The molecule has 0 aromatic carbocycles. The summed E-state index contributed by atoms with van der Waals surface area (Å²) in [7, 11) is 1.56. The van der Waals surface area contributed by atoms with Crippen molar-refractivity contribution in [2.24, 2.45) is 5.84 Å². The van der Waals surface area contributed by atoms with Gasteiger partial charge in [-0.05, 0) is 13.8 Å². The Morgan fingerprint density at radius 3 is 2.37 bits per heavy atom. The summed E-state index contributed by atoms with van der Waals surface area (Å²) in [5, 5.41) is 5.32. The van der Waals surface area contributed by atoms with Crippen molar-refractivity contribution in [3.63, 3.8) is 0 Å². The molecule has 0 bridgehead atoms. The number of aromatic nitrogens is 3. The molecule has 9 heteroatoms. The first kappa shape index (κ1) is 14.9. The number of nitrogens with zero attached hydrogens (tertiary/aromatic N) is 4. The number of amides is 1. The van der Waals surface area contributed by atoms with Gasteiger partial charge in [0.2, 0.25) is 23.8 Å². The van der Waals surface area contributed by atoms with E-state index in [1.165, 1.54) is 0 Å². The second-order valence-electron chi connectivity index (χ2n) is 3.63. The van der Waals surface area contributed by atoms with Crippen molar-refractivity contribution in [1.29, 1.82) is 0 Å². The lowest BCUT2D eigenvalue weighted by Crippen LogP contribution is -2.29. The van der Waals surface area contributed by atoms with Crippen LogP contribution < -0.4 is 26.8 Å². The summed E-state index contributed by atoms with van der Waals surface area (Å²) >= 11 is 0. The van der Waals surface area contributed by atoms with Crippen LogP contribution in [0.3, 0.4) is 0 Å². The third kappa shape index (κ3) is 4.21. The van der Waals surface area contributed by atoms with E-state index in [4.69, 9.17) is 5.84 Å². The summed E-state index contributed by atoms with van der Waals surface area (Å²) in [6.45, 7) is 5.61. The van der Waals surface area contributed by atoms with E-state index in [0.717, 1.165) is 13.1 Å². The second-order valence-corrected chi connectivity index (χ2v) is 3.63. The molecule has 0 aliphatic heterocycles. The van der Waals surface area contributed by atoms with Crippen LogP contribution in [0.5, 0.6) is 0 Å². The number of nitrogens with two attached hydrogens (primary N) is 1. The maximum absolute atomic E-state index is 11.2. The van der Waals surface area contributed by atoms with Gasteiger partial charge >= 0.3 is 0 Å². The lowest BCUT2D eigenvalue weighted by Gasteiger charge is -2.19. The number of likely N-dealkylation sites (N-methyl/N-ethyl adjacent to an activating group) is 1. The SMILES string of the molecule is CCN(CC)c1nc(NN)nc(NCC(=O)NC)n1. The van der Waals surface area contributed by atoms with Crippen molar-refractivity contribution in [1.82, 2.24) is 20.3 Å². The normalized spacial score (nSPS) is 9.89. The standard InChI is InChI=1S/C10H20N8O/c1-4-18(5-2)10-15-8(13-6-7(19)12-3)14-9(16-10)17-11/h4-6,11H2,1-3H3,(H,12,19)(H2,13,14,15,16,17). The van der Waals surface area contributed by atoms with E-state index in [9.17, 15) is 4.79 Å². The highest BCUT2D eigenvalue weighted by Crippen LogP contribution is 2.12. The molecule has 1 heterocycles. The van der Waals surface area contributed by atoms with Gasteiger partial charge in [0.1, 0.15) is 0 Å². The summed E-state index contributed by atoms with van der Waals surface area (Å²) in [6.07, 6.45) is 0. The Kier molecular flexibility index (Phi) is 5.73. The number of hydrazine groups is 1. The van der Waals surface area contributed by atoms with E-state index in [0.29, 0.717) is 11.9 Å². The smallest absolute Gasteiger partial charge is 0.243 e. The van der Waals surface area contributed by atoms with Gasteiger partial charge in [0.05, 0.1) is 6.54 Å². The summed E-state index contributed by atoms with van der Waals surface area (Å²) in [4.78, 5) is 25.6. The van der Waals surface area contributed by atoms with Gasteiger partial charge < -0.3 is 15.5 Å². The number of rotatable bonds is 7. The van der Waals surface area contributed by atoms with Crippen molar-refractivity contribution in [2.45, 2.75) is 13.8 Å². The monoisotopic (exact) mass is 268 g/mol. The van der Waals surface area contributed by atoms with Crippen LogP contribution in [0.4, 0.5) is 17.8 Å². The Hall–Kier alpha value is -2.16. The van der Waals surface area contributed by atoms with E-state index in [2.05, 4.69) is 31.0 Å². The Morgan fingerprint density at radius 1 is 1.21 bits per heavy atom. The molecular formula is C10H20N8O. The van der Waals surface area contributed by atoms with Crippen molar-refractivity contribution < 1.29 is 4.79 Å². The van der Waals surface area contributed by atoms with Crippen LogP contribution in [-0.4, -0.2) is 47.5 Å². The molecule has 5 N–H and O–H groups in total. The molecular weight excluding hydrogens is 248 g/mol. The van der Waals surface area contributed by atoms with Crippen LogP contribution in [0.1, 0.15) is 13.8 Å². The zero-order valence-electron chi connectivity index (χ0n) is 11.4. The largest absolute Gasteiger partial charge is 0.358 e. The summed E-state index contributed by atoms with van der Waals surface area (Å²) in [5.41, 5.74) is 2.38. The van der Waals surface area contributed by atoms with Crippen LogP contribution in [-0.2, 0) is 4.79 Å².